The SMILES string of the molecule is COc1ccc([N+](=O)[O-])cc1S(=O)(=O)N(C)CCO. The number of ether oxygens (including phenoxy) is 1. The van der Waals surface area contributed by atoms with E-state index in [-0.39, 0.29) is 29.5 Å². The van der Waals surface area contributed by atoms with Gasteiger partial charge in [0.15, 0.2) is 0 Å². The number of sulfonamides is 1. The largest absolute Gasteiger partial charge is 0.495 e. The maximum absolute atomic E-state index is 12.2. The molecular weight excluding hydrogens is 276 g/mol. The summed E-state index contributed by atoms with van der Waals surface area (Å²) in [5.41, 5.74) is -0.350. The molecule has 19 heavy (non-hydrogen) atoms. The first-order valence-corrected chi connectivity index (χ1v) is 6.68. The Morgan fingerprint density at radius 2 is 2.11 bits per heavy atom. The van der Waals surface area contributed by atoms with Crippen molar-refractivity contribution in [3.63, 3.8) is 0 Å². The fourth-order valence-corrected chi connectivity index (χ4v) is 2.74. The van der Waals surface area contributed by atoms with E-state index >= 15 is 0 Å². The summed E-state index contributed by atoms with van der Waals surface area (Å²) in [6.07, 6.45) is 0. The highest BCUT2D eigenvalue weighted by atomic mass is 32.2. The summed E-state index contributed by atoms with van der Waals surface area (Å²) in [4.78, 5) is 9.70. The topological polar surface area (TPSA) is 110 Å². The molecule has 1 aromatic rings. The molecule has 0 spiro atoms. The Hall–Kier alpha value is -1.71. The van der Waals surface area contributed by atoms with Crippen molar-refractivity contribution < 1.29 is 23.2 Å². The second kappa shape index (κ2) is 5.95. The molecule has 0 bridgehead atoms. The fourth-order valence-electron chi connectivity index (χ4n) is 1.41. The molecule has 0 heterocycles. The Labute approximate surface area is 110 Å². The van der Waals surface area contributed by atoms with E-state index in [0.29, 0.717) is 0 Å². The molecule has 1 aromatic carbocycles. The van der Waals surface area contributed by atoms with Gasteiger partial charge in [0.05, 0.1) is 18.6 Å². The lowest BCUT2D eigenvalue weighted by Crippen LogP contribution is -2.30. The van der Waals surface area contributed by atoms with Gasteiger partial charge in [0, 0.05) is 25.7 Å². The van der Waals surface area contributed by atoms with Crippen LogP contribution in [0.3, 0.4) is 0 Å². The van der Waals surface area contributed by atoms with Gasteiger partial charge >= 0.3 is 0 Å². The third-order valence-corrected chi connectivity index (χ3v) is 4.34. The molecule has 0 aliphatic carbocycles. The van der Waals surface area contributed by atoms with Crippen LogP contribution in [0.15, 0.2) is 23.1 Å². The third kappa shape index (κ3) is 3.19. The summed E-state index contributed by atoms with van der Waals surface area (Å²) < 4.78 is 30.2. The van der Waals surface area contributed by atoms with E-state index < -0.39 is 14.9 Å². The van der Waals surface area contributed by atoms with Gasteiger partial charge < -0.3 is 9.84 Å². The number of hydrogen-bond acceptors (Lipinski definition) is 6. The van der Waals surface area contributed by atoms with E-state index in [1.165, 1.54) is 20.2 Å². The van der Waals surface area contributed by atoms with Gasteiger partial charge in [-0.05, 0) is 6.07 Å². The third-order valence-electron chi connectivity index (χ3n) is 2.46. The second-order valence-corrected chi connectivity index (χ2v) is 5.66. The van der Waals surface area contributed by atoms with E-state index in [2.05, 4.69) is 0 Å². The lowest BCUT2D eigenvalue weighted by Gasteiger charge is -2.17. The Morgan fingerprint density at radius 1 is 1.47 bits per heavy atom. The Bertz CT molecular complexity index is 571. The molecule has 9 heteroatoms. The monoisotopic (exact) mass is 290 g/mol. The molecule has 1 N–H and O–H groups in total. The van der Waals surface area contributed by atoms with Crippen molar-refractivity contribution in [3.05, 3.63) is 28.3 Å². The van der Waals surface area contributed by atoms with Crippen LogP contribution in [0.1, 0.15) is 0 Å². The first-order valence-electron chi connectivity index (χ1n) is 5.24. The highest BCUT2D eigenvalue weighted by Crippen LogP contribution is 2.29. The number of aliphatic hydroxyl groups is 1. The van der Waals surface area contributed by atoms with Gasteiger partial charge in [-0.25, -0.2) is 8.42 Å². The molecule has 0 atom stereocenters. The molecule has 0 unspecified atom stereocenters. The molecule has 0 aliphatic rings. The number of rotatable bonds is 6. The average molecular weight is 290 g/mol. The molecule has 0 radical (unpaired) electrons. The lowest BCUT2D eigenvalue weighted by atomic mass is 10.3. The van der Waals surface area contributed by atoms with Crippen LogP contribution in [0.2, 0.25) is 0 Å². The van der Waals surface area contributed by atoms with Crippen molar-refractivity contribution in [1.82, 2.24) is 4.31 Å². The zero-order valence-corrected chi connectivity index (χ0v) is 11.3. The summed E-state index contributed by atoms with van der Waals surface area (Å²) in [5.74, 6) is 0.00962. The molecule has 0 fully saturated rings. The van der Waals surface area contributed by atoms with E-state index in [9.17, 15) is 18.5 Å². The predicted octanol–water partition coefficient (Wildman–Crippen LogP) is 0.216. The fraction of sp³-hybridized carbons (Fsp3) is 0.400. The number of methoxy groups -OCH3 is 1. The maximum atomic E-state index is 12.2. The van der Waals surface area contributed by atoms with Crippen LogP contribution in [-0.4, -0.2) is 50.1 Å². The zero-order valence-electron chi connectivity index (χ0n) is 10.4. The van der Waals surface area contributed by atoms with E-state index in [1.54, 1.807) is 0 Å². The van der Waals surface area contributed by atoms with Gasteiger partial charge in [-0.3, -0.25) is 10.1 Å². The lowest BCUT2D eigenvalue weighted by molar-refractivity contribution is -0.385. The van der Waals surface area contributed by atoms with Crippen LogP contribution in [0, 0.1) is 10.1 Å². The van der Waals surface area contributed by atoms with Crippen LogP contribution in [0.5, 0.6) is 5.75 Å². The van der Waals surface area contributed by atoms with Crippen molar-refractivity contribution in [3.8, 4) is 5.75 Å². The first-order chi connectivity index (χ1) is 8.84. The van der Waals surface area contributed by atoms with E-state index in [0.717, 1.165) is 16.4 Å². The van der Waals surface area contributed by atoms with Gasteiger partial charge in [0.2, 0.25) is 10.0 Å². The van der Waals surface area contributed by atoms with E-state index in [1.807, 2.05) is 0 Å². The normalized spacial score (nSPS) is 11.6. The molecule has 1 rings (SSSR count). The molecule has 0 aromatic heterocycles. The summed E-state index contributed by atoms with van der Waals surface area (Å²) >= 11 is 0. The molecule has 0 saturated carbocycles. The molecule has 106 valence electrons. The van der Waals surface area contributed by atoms with Crippen molar-refractivity contribution in [1.29, 1.82) is 0 Å². The van der Waals surface area contributed by atoms with Crippen LogP contribution in [0.4, 0.5) is 5.69 Å². The molecule has 8 nitrogen and oxygen atoms in total. The number of hydrogen-bond donors (Lipinski definition) is 1. The van der Waals surface area contributed by atoms with Crippen molar-refractivity contribution >= 4 is 15.7 Å². The smallest absolute Gasteiger partial charge is 0.271 e. The number of aliphatic hydroxyl groups excluding tert-OH is 1. The van der Waals surface area contributed by atoms with Gasteiger partial charge in [-0.1, -0.05) is 0 Å². The predicted molar refractivity (Wildman–Crippen MR) is 66.6 cm³/mol. The highest BCUT2D eigenvalue weighted by molar-refractivity contribution is 7.89. The summed E-state index contributed by atoms with van der Waals surface area (Å²) in [7, 11) is -1.42. The van der Waals surface area contributed by atoms with Crippen LogP contribution in [-0.2, 0) is 10.0 Å². The zero-order chi connectivity index (χ0) is 14.6. The van der Waals surface area contributed by atoms with Crippen LogP contribution in [0.25, 0.3) is 0 Å². The number of non-ortho nitro benzene ring substituents is 1. The molecule has 0 aliphatic heterocycles. The van der Waals surface area contributed by atoms with Crippen molar-refractivity contribution in [2.75, 3.05) is 27.3 Å². The van der Waals surface area contributed by atoms with E-state index in [4.69, 9.17) is 9.84 Å². The number of likely N-dealkylation sites (N-methyl/N-ethyl adjacent to an activating group) is 1. The van der Waals surface area contributed by atoms with Crippen LogP contribution < -0.4 is 4.74 Å². The summed E-state index contributed by atoms with van der Waals surface area (Å²) in [5, 5.41) is 19.5. The minimum absolute atomic E-state index is 0.00962. The van der Waals surface area contributed by atoms with Gasteiger partial charge in [0.1, 0.15) is 10.6 Å². The highest BCUT2D eigenvalue weighted by Gasteiger charge is 2.26. The van der Waals surface area contributed by atoms with Gasteiger partial charge in [-0.2, -0.15) is 4.31 Å². The van der Waals surface area contributed by atoms with Gasteiger partial charge in [0.25, 0.3) is 5.69 Å². The maximum Gasteiger partial charge on any atom is 0.271 e. The summed E-state index contributed by atoms with van der Waals surface area (Å²) in [6, 6.07) is 3.31. The van der Waals surface area contributed by atoms with Crippen molar-refractivity contribution in [2.45, 2.75) is 4.90 Å². The Balaban J connectivity index is 3.38. The van der Waals surface area contributed by atoms with Gasteiger partial charge in [-0.15, -0.1) is 0 Å². The molecule has 0 amide bonds. The minimum Gasteiger partial charge on any atom is -0.495 e. The quantitative estimate of drug-likeness (QED) is 0.592. The minimum atomic E-state index is -3.96. The summed E-state index contributed by atoms with van der Waals surface area (Å²) in [6.45, 7) is -0.471. The molecule has 0 saturated heterocycles. The van der Waals surface area contributed by atoms with Crippen LogP contribution >= 0.6 is 0 Å². The Kier molecular flexibility index (Phi) is 4.81. The first kappa shape index (κ1) is 15.3. The van der Waals surface area contributed by atoms with Crippen molar-refractivity contribution in [2.24, 2.45) is 0 Å². The number of benzene rings is 1. The Morgan fingerprint density at radius 3 is 2.58 bits per heavy atom. The number of nitro groups is 1. The standard InChI is InChI=1S/C10H14N2O6S/c1-11(5-6-13)19(16,17)10-7-8(12(14)15)3-4-9(10)18-2/h3-4,7,13H,5-6H2,1-2H3. The second-order valence-electron chi connectivity index (χ2n) is 3.64. The molecular formula is C10H14N2O6S. The average Bonchev–Trinajstić information content (AvgIpc) is 2.38. The number of nitrogens with zero attached hydrogens (tertiary/aromatic N) is 2. The number of nitro benzene ring substituents is 1.